The molecule has 0 spiro atoms. The Morgan fingerprint density at radius 3 is 2.73 bits per heavy atom. The van der Waals surface area contributed by atoms with Crippen molar-refractivity contribution in [2.24, 2.45) is 5.92 Å². The van der Waals surface area contributed by atoms with E-state index in [1.54, 1.807) is 18.2 Å². The number of carbonyl (C=O) groups is 2. The van der Waals surface area contributed by atoms with Crippen molar-refractivity contribution in [2.45, 2.75) is 26.2 Å². The summed E-state index contributed by atoms with van der Waals surface area (Å²) in [6, 6.07) is 7.82. The van der Waals surface area contributed by atoms with Gasteiger partial charge in [0.15, 0.2) is 5.76 Å². The minimum absolute atomic E-state index is 0.0709. The Hall–Kier alpha value is -2.36. The highest BCUT2D eigenvalue weighted by molar-refractivity contribution is 7.89. The molecular formula is C20H24ClN3O5S. The molecule has 0 radical (unpaired) electrons. The lowest BCUT2D eigenvalue weighted by molar-refractivity contribution is -0.120. The van der Waals surface area contributed by atoms with E-state index in [4.69, 9.17) is 16.0 Å². The van der Waals surface area contributed by atoms with Gasteiger partial charge in [0, 0.05) is 18.1 Å². The minimum Gasteiger partial charge on any atom is -0.459 e. The van der Waals surface area contributed by atoms with Gasteiger partial charge in [-0.2, -0.15) is 0 Å². The number of amides is 2. The number of hydrogen-bond acceptors (Lipinski definition) is 5. The highest BCUT2D eigenvalue weighted by atomic mass is 35.5. The molecule has 0 bridgehead atoms. The Morgan fingerprint density at radius 1 is 1.23 bits per heavy atom. The standard InChI is InChI=1S/C20H24ClN3O5S/c1-2-11-30(27,28)24-9-3-5-14(13-24)19(25)22-16-8-7-15(21)12-17(16)23-20(26)18-6-4-10-29-18/h4,6-8,10,12,14H,2-3,5,9,11,13H2,1H3,(H,22,25)(H,23,26). The van der Waals surface area contributed by atoms with Crippen LogP contribution in [-0.2, 0) is 14.8 Å². The van der Waals surface area contributed by atoms with Crippen molar-refractivity contribution in [1.29, 1.82) is 0 Å². The van der Waals surface area contributed by atoms with Gasteiger partial charge in [0.05, 0.1) is 29.3 Å². The number of carbonyl (C=O) groups excluding carboxylic acids is 2. The van der Waals surface area contributed by atoms with E-state index in [2.05, 4.69) is 10.6 Å². The van der Waals surface area contributed by atoms with Crippen molar-refractivity contribution in [3.05, 3.63) is 47.4 Å². The third kappa shape index (κ3) is 5.41. The molecule has 1 aliphatic rings. The summed E-state index contributed by atoms with van der Waals surface area (Å²) in [5, 5.41) is 5.86. The summed E-state index contributed by atoms with van der Waals surface area (Å²) >= 11 is 6.05. The number of anilines is 2. The second-order valence-electron chi connectivity index (χ2n) is 7.12. The summed E-state index contributed by atoms with van der Waals surface area (Å²) in [5.41, 5.74) is 0.696. The Kier molecular flexibility index (Phi) is 7.17. The summed E-state index contributed by atoms with van der Waals surface area (Å²) in [4.78, 5) is 25.2. The van der Waals surface area contributed by atoms with Gasteiger partial charge < -0.3 is 15.1 Å². The first-order chi connectivity index (χ1) is 14.3. The molecule has 2 heterocycles. The maximum atomic E-state index is 12.9. The number of hydrogen-bond donors (Lipinski definition) is 2. The average Bonchev–Trinajstić information content (AvgIpc) is 3.25. The Balaban J connectivity index is 1.72. The summed E-state index contributed by atoms with van der Waals surface area (Å²) in [5.74, 6) is -1.07. The van der Waals surface area contributed by atoms with E-state index < -0.39 is 21.8 Å². The fraction of sp³-hybridized carbons (Fsp3) is 0.400. The first-order valence-electron chi connectivity index (χ1n) is 9.73. The van der Waals surface area contributed by atoms with E-state index in [0.717, 1.165) is 0 Å². The molecule has 8 nitrogen and oxygen atoms in total. The third-order valence-corrected chi connectivity index (χ3v) is 7.12. The maximum Gasteiger partial charge on any atom is 0.291 e. The second-order valence-corrected chi connectivity index (χ2v) is 9.65. The van der Waals surface area contributed by atoms with Crippen LogP contribution in [0.25, 0.3) is 0 Å². The molecule has 1 unspecified atom stereocenters. The van der Waals surface area contributed by atoms with Crippen molar-refractivity contribution in [1.82, 2.24) is 4.31 Å². The SMILES string of the molecule is CCCS(=O)(=O)N1CCCC(C(=O)Nc2ccc(Cl)cc2NC(=O)c2ccco2)C1. The van der Waals surface area contributed by atoms with Crippen LogP contribution in [-0.4, -0.2) is 43.4 Å². The van der Waals surface area contributed by atoms with Gasteiger partial charge in [-0.1, -0.05) is 18.5 Å². The fourth-order valence-corrected chi connectivity index (χ4v) is 5.11. The summed E-state index contributed by atoms with van der Waals surface area (Å²) in [6.07, 6.45) is 3.12. The molecule has 2 amide bonds. The topological polar surface area (TPSA) is 109 Å². The van der Waals surface area contributed by atoms with E-state index in [9.17, 15) is 18.0 Å². The summed E-state index contributed by atoms with van der Waals surface area (Å²) in [7, 11) is -3.36. The molecule has 0 aliphatic carbocycles. The first kappa shape index (κ1) is 22.3. The van der Waals surface area contributed by atoms with E-state index in [1.807, 2.05) is 6.92 Å². The number of piperidine rings is 1. The summed E-state index contributed by atoms with van der Waals surface area (Å²) in [6.45, 7) is 2.39. The average molecular weight is 454 g/mol. The van der Waals surface area contributed by atoms with Crippen LogP contribution in [0.4, 0.5) is 11.4 Å². The lowest BCUT2D eigenvalue weighted by Crippen LogP contribution is -2.44. The molecule has 1 fully saturated rings. The number of nitrogens with one attached hydrogen (secondary N) is 2. The maximum absolute atomic E-state index is 12.9. The van der Waals surface area contributed by atoms with Crippen LogP contribution in [0.5, 0.6) is 0 Å². The van der Waals surface area contributed by atoms with Crippen molar-refractivity contribution in [2.75, 3.05) is 29.5 Å². The number of halogens is 1. The van der Waals surface area contributed by atoms with Crippen molar-refractivity contribution < 1.29 is 22.4 Å². The zero-order valence-corrected chi connectivity index (χ0v) is 18.1. The smallest absolute Gasteiger partial charge is 0.291 e. The molecule has 3 rings (SSSR count). The van der Waals surface area contributed by atoms with Crippen molar-refractivity contribution >= 4 is 44.8 Å². The van der Waals surface area contributed by atoms with E-state index in [0.29, 0.717) is 42.2 Å². The van der Waals surface area contributed by atoms with Gasteiger partial charge in [0.1, 0.15) is 0 Å². The van der Waals surface area contributed by atoms with E-state index >= 15 is 0 Å². The van der Waals surface area contributed by atoms with Gasteiger partial charge in [-0.05, 0) is 49.6 Å². The number of nitrogens with zero attached hydrogens (tertiary/aromatic N) is 1. The quantitative estimate of drug-likeness (QED) is 0.666. The van der Waals surface area contributed by atoms with Gasteiger partial charge in [0.2, 0.25) is 15.9 Å². The monoisotopic (exact) mass is 453 g/mol. The van der Waals surface area contributed by atoms with Crippen LogP contribution in [0, 0.1) is 5.92 Å². The first-order valence-corrected chi connectivity index (χ1v) is 11.7. The van der Waals surface area contributed by atoms with Gasteiger partial charge in [-0.25, -0.2) is 12.7 Å². The highest BCUT2D eigenvalue weighted by Gasteiger charge is 2.32. The lowest BCUT2D eigenvalue weighted by atomic mass is 9.98. The molecule has 1 aromatic heterocycles. The zero-order valence-electron chi connectivity index (χ0n) is 16.6. The highest BCUT2D eigenvalue weighted by Crippen LogP contribution is 2.28. The fourth-order valence-electron chi connectivity index (χ4n) is 3.35. The molecule has 0 saturated carbocycles. The molecule has 30 heavy (non-hydrogen) atoms. The molecule has 2 aromatic rings. The van der Waals surface area contributed by atoms with Gasteiger partial charge >= 0.3 is 0 Å². The van der Waals surface area contributed by atoms with Crippen LogP contribution in [0.2, 0.25) is 5.02 Å². The normalized spacial score (nSPS) is 17.5. The van der Waals surface area contributed by atoms with Crippen LogP contribution in [0.3, 0.4) is 0 Å². The number of sulfonamides is 1. The molecule has 162 valence electrons. The van der Waals surface area contributed by atoms with Gasteiger partial charge in [-0.3, -0.25) is 9.59 Å². The zero-order chi connectivity index (χ0) is 21.7. The van der Waals surface area contributed by atoms with Crippen LogP contribution in [0.1, 0.15) is 36.7 Å². The Labute approximate surface area is 180 Å². The molecule has 1 saturated heterocycles. The molecular weight excluding hydrogens is 430 g/mol. The Morgan fingerprint density at radius 2 is 2.03 bits per heavy atom. The van der Waals surface area contributed by atoms with Crippen molar-refractivity contribution in [3.63, 3.8) is 0 Å². The van der Waals surface area contributed by atoms with Crippen molar-refractivity contribution in [3.8, 4) is 0 Å². The Bertz CT molecular complexity index is 1010. The van der Waals surface area contributed by atoms with Crippen LogP contribution < -0.4 is 10.6 Å². The molecule has 1 aliphatic heterocycles. The molecule has 1 aromatic carbocycles. The number of rotatable bonds is 7. The summed E-state index contributed by atoms with van der Waals surface area (Å²) < 4.78 is 31.2. The van der Waals surface area contributed by atoms with Crippen LogP contribution >= 0.6 is 11.6 Å². The number of benzene rings is 1. The van der Waals surface area contributed by atoms with Gasteiger partial charge in [-0.15, -0.1) is 0 Å². The predicted octanol–water partition coefficient (Wildman–Crippen LogP) is 3.58. The lowest BCUT2D eigenvalue weighted by Gasteiger charge is -2.31. The molecule has 1 atom stereocenters. The van der Waals surface area contributed by atoms with Crippen LogP contribution in [0.15, 0.2) is 41.0 Å². The van der Waals surface area contributed by atoms with E-state index in [-0.39, 0.29) is 24.0 Å². The molecule has 2 N–H and O–H groups in total. The molecule has 10 heteroatoms. The minimum atomic E-state index is -3.36. The number of furan rings is 1. The predicted molar refractivity (Wildman–Crippen MR) is 115 cm³/mol. The second kappa shape index (κ2) is 9.63. The largest absolute Gasteiger partial charge is 0.459 e. The van der Waals surface area contributed by atoms with Gasteiger partial charge in [0.25, 0.3) is 5.91 Å². The third-order valence-electron chi connectivity index (χ3n) is 4.84. The van der Waals surface area contributed by atoms with E-state index in [1.165, 1.54) is 22.7 Å².